The quantitative estimate of drug-likeness (QED) is 0.861. The van der Waals surface area contributed by atoms with Gasteiger partial charge in [0.25, 0.3) is 10.0 Å². The minimum atomic E-state index is -3.81. The number of imidazole rings is 1. The van der Waals surface area contributed by atoms with Crippen LogP contribution in [0.3, 0.4) is 0 Å². The van der Waals surface area contributed by atoms with Crippen molar-refractivity contribution < 1.29 is 18.3 Å². The van der Waals surface area contributed by atoms with Gasteiger partial charge in [-0.1, -0.05) is 6.07 Å². The first-order valence-electron chi connectivity index (χ1n) is 7.00. The van der Waals surface area contributed by atoms with Crippen molar-refractivity contribution in [3.8, 4) is 0 Å². The molecular weight excluding hydrogens is 320 g/mol. The SMILES string of the molecule is Cn1cnc(S(=O)(=O)N2C[C@@H](C(=O)O)[C@H](c3cccnc3)C2)c1. The van der Waals surface area contributed by atoms with E-state index in [0.717, 1.165) is 5.56 Å². The van der Waals surface area contributed by atoms with E-state index in [4.69, 9.17) is 0 Å². The molecular formula is C14H16N4O4S. The molecule has 9 heteroatoms. The van der Waals surface area contributed by atoms with Crippen molar-refractivity contribution >= 4 is 16.0 Å². The van der Waals surface area contributed by atoms with Gasteiger partial charge in [0.05, 0.1) is 12.2 Å². The molecule has 0 aromatic carbocycles. The fourth-order valence-electron chi connectivity index (χ4n) is 2.80. The molecule has 8 nitrogen and oxygen atoms in total. The van der Waals surface area contributed by atoms with Gasteiger partial charge in [-0.25, -0.2) is 13.4 Å². The average Bonchev–Trinajstić information content (AvgIpc) is 3.15. The van der Waals surface area contributed by atoms with Crippen LogP contribution in [0.5, 0.6) is 0 Å². The Bertz CT molecular complexity index is 818. The van der Waals surface area contributed by atoms with Crippen molar-refractivity contribution in [3.63, 3.8) is 0 Å². The summed E-state index contributed by atoms with van der Waals surface area (Å²) in [6, 6.07) is 3.48. The number of aryl methyl sites for hydroxylation is 1. The summed E-state index contributed by atoms with van der Waals surface area (Å²) in [5, 5.41) is 9.37. The molecule has 23 heavy (non-hydrogen) atoms. The standard InChI is InChI=1S/C14H16N4O4S/c1-17-8-13(16-9-17)23(21,22)18-6-11(12(7-18)14(19)20)10-3-2-4-15-5-10/h2-5,8-9,11-12H,6-7H2,1H3,(H,19,20)/t11-,12+/m0/s1. The highest BCUT2D eigenvalue weighted by Crippen LogP contribution is 2.35. The van der Waals surface area contributed by atoms with E-state index >= 15 is 0 Å². The van der Waals surface area contributed by atoms with E-state index in [9.17, 15) is 18.3 Å². The van der Waals surface area contributed by atoms with Crippen molar-refractivity contribution in [3.05, 3.63) is 42.6 Å². The molecule has 2 aromatic heterocycles. The zero-order valence-electron chi connectivity index (χ0n) is 12.4. The van der Waals surface area contributed by atoms with E-state index < -0.39 is 27.8 Å². The van der Waals surface area contributed by atoms with Crippen molar-refractivity contribution in [1.82, 2.24) is 18.8 Å². The van der Waals surface area contributed by atoms with Crippen LogP contribution in [0.4, 0.5) is 0 Å². The number of sulfonamides is 1. The highest BCUT2D eigenvalue weighted by molar-refractivity contribution is 7.89. The number of carboxylic acids is 1. The Morgan fingerprint density at radius 1 is 1.39 bits per heavy atom. The molecule has 2 atom stereocenters. The molecule has 3 heterocycles. The predicted octanol–water partition coefficient (Wildman–Crippen LogP) is 0.304. The summed E-state index contributed by atoms with van der Waals surface area (Å²) in [6.07, 6.45) is 5.98. The van der Waals surface area contributed by atoms with Crippen LogP contribution in [-0.4, -0.2) is 51.4 Å². The Balaban J connectivity index is 1.93. The lowest BCUT2D eigenvalue weighted by atomic mass is 9.90. The number of pyridine rings is 1. The predicted molar refractivity (Wildman–Crippen MR) is 80.1 cm³/mol. The Labute approximate surface area is 133 Å². The van der Waals surface area contributed by atoms with E-state index in [1.807, 2.05) is 0 Å². The number of aliphatic carboxylic acids is 1. The minimum Gasteiger partial charge on any atom is -0.481 e. The highest BCUT2D eigenvalue weighted by atomic mass is 32.2. The summed E-state index contributed by atoms with van der Waals surface area (Å²) in [5.74, 6) is -2.25. The number of hydrogen-bond donors (Lipinski definition) is 1. The van der Waals surface area contributed by atoms with E-state index in [1.54, 1.807) is 31.6 Å². The van der Waals surface area contributed by atoms with Crippen LogP contribution in [0.25, 0.3) is 0 Å². The molecule has 0 aliphatic carbocycles. The molecule has 0 unspecified atom stereocenters. The van der Waals surface area contributed by atoms with Gasteiger partial charge in [-0.05, 0) is 11.6 Å². The molecule has 122 valence electrons. The molecule has 0 saturated carbocycles. The third-order valence-electron chi connectivity index (χ3n) is 4.00. The van der Waals surface area contributed by atoms with Crippen LogP contribution in [-0.2, 0) is 21.9 Å². The fraction of sp³-hybridized carbons (Fsp3) is 0.357. The zero-order chi connectivity index (χ0) is 16.6. The number of nitrogens with zero attached hydrogens (tertiary/aromatic N) is 4. The maximum Gasteiger partial charge on any atom is 0.308 e. The molecule has 1 fully saturated rings. The zero-order valence-corrected chi connectivity index (χ0v) is 13.2. The van der Waals surface area contributed by atoms with Crippen LogP contribution in [0, 0.1) is 5.92 Å². The van der Waals surface area contributed by atoms with Gasteiger partial charge < -0.3 is 9.67 Å². The van der Waals surface area contributed by atoms with Crippen molar-refractivity contribution in [2.24, 2.45) is 13.0 Å². The van der Waals surface area contributed by atoms with E-state index in [2.05, 4.69) is 9.97 Å². The molecule has 1 aliphatic rings. The van der Waals surface area contributed by atoms with Crippen LogP contribution in [0.2, 0.25) is 0 Å². The maximum atomic E-state index is 12.6. The highest BCUT2D eigenvalue weighted by Gasteiger charge is 2.44. The monoisotopic (exact) mass is 336 g/mol. The van der Waals surface area contributed by atoms with Crippen LogP contribution in [0.15, 0.2) is 42.1 Å². The second-order valence-electron chi connectivity index (χ2n) is 5.54. The second kappa shape index (κ2) is 5.74. The van der Waals surface area contributed by atoms with Gasteiger partial charge in [0.2, 0.25) is 0 Å². The summed E-state index contributed by atoms with van der Waals surface area (Å²) in [7, 11) is -2.13. The smallest absolute Gasteiger partial charge is 0.308 e. The first kappa shape index (κ1) is 15.6. The molecule has 2 aromatic rings. The third-order valence-corrected chi connectivity index (χ3v) is 5.72. The average molecular weight is 336 g/mol. The summed E-state index contributed by atoms with van der Waals surface area (Å²) in [6.45, 7) is 0.0232. The number of carbonyl (C=O) groups is 1. The molecule has 0 bridgehead atoms. The summed E-state index contributed by atoms with van der Waals surface area (Å²) >= 11 is 0. The van der Waals surface area contributed by atoms with E-state index in [0.29, 0.717) is 0 Å². The first-order chi connectivity index (χ1) is 10.9. The Hall–Kier alpha value is -2.26. The largest absolute Gasteiger partial charge is 0.481 e. The minimum absolute atomic E-state index is 0.0732. The van der Waals surface area contributed by atoms with Gasteiger partial charge in [0.15, 0.2) is 5.03 Å². The van der Waals surface area contributed by atoms with Crippen LogP contribution >= 0.6 is 0 Å². The Morgan fingerprint density at radius 2 is 2.17 bits per heavy atom. The molecule has 0 spiro atoms. The molecule has 1 saturated heterocycles. The number of carboxylic acid groups (broad SMARTS) is 1. The van der Waals surface area contributed by atoms with Gasteiger partial charge in [-0.15, -0.1) is 0 Å². The molecule has 0 radical (unpaired) electrons. The maximum absolute atomic E-state index is 12.6. The van der Waals surface area contributed by atoms with E-state index in [1.165, 1.54) is 21.4 Å². The number of rotatable bonds is 4. The Kier molecular flexibility index (Phi) is 3.90. The van der Waals surface area contributed by atoms with Crippen LogP contribution in [0.1, 0.15) is 11.5 Å². The van der Waals surface area contributed by atoms with Gasteiger partial charge in [0.1, 0.15) is 0 Å². The van der Waals surface area contributed by atoms with Crippen LogP contribution < -0.4 is 0 Å². The lowest BCUT2D eigenvalue weighted by Gasteiger charge is -2.15. The molecule has 1 aliphatic heterocycles. The summed E-state index contributed by atoms with van der Waals surface area (Å²) in [5.41, 5.74) is 0.721. The first-order valence-corrected chi connectivity index (χ1v) is 8.44. The van der Waals surface area contributed by atoms with Gasteiger partial charge in [-0.2, -0.15) is 4.31 Å². The lowest BCUT2D eigenvalue weighted by molar-refractivity contribution is -0.141. The second-order valence-corrected chi connectivity index (χ2v) is 7.42. The summed E-state index contributed by atoms with van der Waals surface area (Å²) < 4.78 is 28.0. The van der Waals surface area contributed by atoms with Crippen molar-refractivity contribution in [1.29, 1.82) is 0 Å². The van der Waals surface area contributed by atoms with Crippen molar-refractivity contribution in [2.45, 2.75) is 10.9 Å². The normalized spacial score (nSPS) is 22.3. The topological polar surface area (TPSA) is 105 Å². The fourth-order valence-corrected chi connectivity index (χ4v) is 4.26. The molecule has 3 rings (SSSR count). The summed E-state index contributed by atoms with van der Waals surface area (Å²) in [4.78, 5) is 19.4. The lowest BCUT2D eigenvalue weighted by Crippen LogP contribution is -2.30. The van der Waals surface area contributed by atoms with Gasteiger partial charge >= 0.3 is 5.97 Å². The van der Waals surface area contributed by atoms with E-state index in [-0.39, 0.29) is 18.1 Å². The third kappa shape index (κ3) is 2.84. The van der Waals surface area contributed by atoms with Crippen molar-refractivity contribution in [2.75, 3.05) is 13.1 Å². The molecule has 1 N–H and O–H groups in total. The van der Waals surface area contributed by atoms with Gasteiger partial charge in [-0.3, -0.25) is 9.78 Å². The Morgan fingerprint density at radius 3 is 2.74 bits per heavy atom. The number of aromatic nitrogens is 3. The van der Waals surface area contributed by atoms with Gasteiger partial charge in [0, 0.05) is 44.6 Å². The molecule has 0 amide bonds. The number of hydrogen-bond acceptors (Lipinski definition) is 5.